The van der Waals surface area contributed by atoms with Crippen molar-refractivity contribution in [3.05, 3.63) is 35.9 Å². The Labute approximate surface area is 101 Å². The quantitative estimate of drug-likeness (QED) is 0.844. The van der Waals surface area contributed by atoms with E-state index in [2.05, 4.69) is 4.74 Å². The van der Waals surface area contributed by atoms with Crippen LogP contribution in [0.1, 0.15) is 5.56 Å². The van der Waals surface area contributed by atoms with E-state index < -0.39 is 30.9 Å². The minimum atomic E-state index is -4.52. The lowest BCUT2D eigenvalue weighted by atomic mass is 9.92. The van der Waals surface area contributed by atoms with Crippen molar-refractivity contribution in [2.45, 2.75) is 11.7 Å². The summed E-state index contributed by atoms with van der Waals surface area (Å²) in [5.74, 6) is -1.45. The van der Waals surface area contributed by atoms with Crippen LogP contribution in [-0.2, 0) is 15.1 Å². The first-order valence-electron chi connectivity index (χ1n) is 4.98. The average Bonchev–Trinajstić information content (AvgIpc) is 2.28. The third kappa shape index (κ3) is 3.71. The summed E-state index contributed by atoms with van der Waals surface area (Å²) < 4.78 is 40.1. The van der Waals surface area contributed by atoms with Crippen LogP contribution in [0.5, 0.6) is 0 Å². The highest BCUT2D eigenvalue weighted by molar-refractivity contribution is 5.80. The van der Waals surface area contributed by atoms with Crippen LogP contribution in [0.15, 0.2) is 30.3 Å². The average molecular weight is 263 g/mol. The first kappa shape index (κ1) is 14.5. The number of carbonyl (C=O) groups is 1. The van der Waals surface area contributed by atoms with E-state index in [4.69, 9.17) is 10.8 Å². The SMILES string of the molecule is NC(COCC(F)(F)F)(C(=O)O)c1ccccc1. The fraction of sp³-hybridized carbons (Fsp3) is 0.364. The largest absolute Gasteiger partial charge is 0.480 e. The van der Waals surface area contributed by atoms with E-state index in [0.717, 1.165) is 0 Å². The molecule has 1 aromatic carbocycles. The Kier molecular flexibility index (Phi) is 4.31. The maximum absolute atomic E-state index is 11.9. The summed E-state index contributed by atoms with van der Waals surface area (Å²) in [5, 5.41) is 9.03. The second kappa shape index (κ2) is 5.36. The van der Waals surface area contributed by atoms with Crippen molar-refractivity contribution in [3.63, 3.8) is 0 Å². The van der Waals surface area contributed by atoms with Crippen LogP contribution in [-0.4, -0.2) is 30.5 Å². The number of nitrogens with two attached hydrogens (primary N) is 1. The molecule has 18 heavy (non-hydrogen) atoms. The zero-order valence-corrected chi connectivity index (χ0v) is 9.28. The van der Waals surface area contributed by atoms with Gasteiger partial charge in [-0.25, -0.2) is 4.79 Å². The molecule has 1 aromatic rings. The molecule has 0 spiro atoms. The highest BCUT2D eigenvalue weighted by atomic mass is 19.4. The zero-order valence-electron chi connectivity index (χ0n) is 9.28. The van der Waals surface area contributed by atoms with Crippen molar-refractivity contribution >= 4 is 5.97 Å². The molecule has 0 saturated carbocycles. The van der Waals surface area contributed by atoms with Crippen LogP contribution in [0.25, 0.3) is 0 Å². The number of carboxylic acids is 1. The number of ether oxygens (including phenoxy) is 1. The molecular formula is C11H12F3NO3. The van der Waals surface area contributed by atoms with Crippen LogP contribution in [0.3, 0.4) is 0 Å². The number of rotatable bonds is 5. The molecule has 0 aliphatic rings. The van der Waals surface area contributed by atoms with Crippen molar-refractivity contribution in [2.75, 3.05) is 13.2 Å². The molecule has 0 aliphatic heterocycles. The molecular weight excluding hydrogens is 251 g/mol. The monoisotopic (exact) mass is 263 g/mol. The van der Waals surface area contributed by atoms with E-state index in [1.54, 1.807) is 18.2 Å². The third-order valence-corrected chi connectivity index (χ3v) is 2.27. The Bertz CT molecular complexity index is 408. The summed E-state index contributed by atoms with van der Waals surface area (Å²) in [6.45, 7) is -2.29. The number of hydrogen-bond acceptors (Lipinski definition) is 3. The van der Waals surface area contributed by atoms with Crippen LogP contribution in [0, 0.1) is 0 Å². The fourth-order valence-corrected chi connectivity index (χ4v) is 1.33. The molecule has 100 valence electrons. The molecule has 0 bridgehead atoms. The number of alkyl halides is 3. The van der Waals surface area contributed by atoms with Gasteiger partial charge in [0.05, 0.1) is 6.61 Å². The normalized spacial score (nSPS) is 15.1. The second-order valence-corrected chi connectivity index (χ2v) is 3.75. The van der Waals surface area contributed by atoms with E-state index in [1.165, 1.54) is 12.1 Å². The van der Waals surface area contributed by atoms with Crippen molar-refractivity contribution in [2.24, 2.45) is 5.73 Å². The van der Waals surface area contributed by atoms with Crippen molar-refractivity contribution in [1.82, 2.24) is 0 Å². The molecule has 1 atom stereocenters. The van der Waals surface area contributed by atoms with Crippen LogP contribution in [0.4, 0.5) is 13.2 Å². The minimum Gasteiger partial charge on any atom is -0.480 e. The number of benzene rings is 1. The maximum atomic E-state index is 11.9. The maximum Gasteiger partial charge on any atom is 0.411 e. The Morgan fingerprint density at radius 2 is 1.78 bits per heavy atom. The van der Waals surface area contributed by atoms with Crippen LogP contribution >= 0.6 is 0 Å². The van der Waals surface area contributed by atoms with Gasteiger partial charge in [-0.3, -0.25) is 0 Å². The van der Waals surface area contributed by atoms with E-state index in [0.29, 0.717) is 0 Å². The Morgan fingerprint density at radius 1 is 1.22 bits per heavy atom. The first-order valence-corrected chi connectivity index (χ1v) is 4.98. The second-order valence-electron chi connectivity index (χ2n) is 3.75. The Morgan fingerprint density at radius 3 is 2.22 bits per heavy atom. The van der Waals surface area contributed by atoms with Gasteiger partial charge in [-0.1, -0.05) is 30.3 Å². The highest BCUT2D eigenvalue weighted by Gasteiger charge is 2.38. The molecule has 0 radical (unpaired) electrons. The van der Waals surface area contributed by atoms with Crippen LogP contribution in [0.2, 0.25) is 0 Å². The van der Waals surface area contributed by atoms with E-state index in [-0.39, 0.29) is 5.56 Å². The standard InChI is InChI=1S/C11H12F3NO3/c12-11(13,14)7-18-6-10(15,9(16)17)8-4-2-1-3-5-8/h1-5H,6-7,15H2,(H,16,17). The van der Waals surface area contributed by atoms with E-state index in [9.17, 15) is 18.0 Å². The molecule has 0 aliphatic carbocycles. The predicted molar refractivity (Wildman–Crippen MR) is 56.8 cm³/mol. The number of carboxylic acid groups (broad SMARTS) is 1. The molecule has 1 rings (SSSR count). The molecule has 0 fully saturated rings. The summed E-state index contributed by atoms with van der Waals surface area (Å²) in [6, 6.07) is 7.58. The molecule has 0 amide bonds. The van der Waals surface area contributed by atoms with Crippen LogP contribution < -0.4 is 5.73 Å². The van der Waals surface area contributed by atoms with Gasteiger partial charge in [-0.2, -0.15) is 13.2 Å². The van der Waals surface area contributed by atoms with Crippen molar-refractivity contribution < 1.29 is 27.8 Å². The third-order valence-electron chi connectivity index (χ3n) is 2.27. The minimum absolute atomic E-state index is 0.180. The van der Waals surface area contributed by atoms with Gasteiger partial charge in [0, 0.05) is 0 Å². The fourth-order valence-electron chi connectivity index (χ4n) is 1.33. The zero-order chi connectivity index (χ0) is 13.8. The van der Waals surface area contributed by atoms with Gasteiger partial charge in [0.1, 0.15) is 6.61 Å². The summed E-state index contributed by atoms with van der Waals surface area (Å²) in [6.07, 6.45) is -4.52. The molecule has 1 unspecified atom stereocenters. The molecule has 3 N–H and O–H groups in total. The van der Waals surface area contributed by atoms with Gasteiger partial charge in [0.25, 0.3) is 0 Å². The summed E-state index contributed by atoms with van der Waals surface area (Å²) in [4.78, 5) is 11.1. The van der Waals surface area contributed by atoms with Crippen molar-refractivity contribution in [1.29, 1.82) is 0 Å². The smallest absolute Gasteiger partial charge is 0.411 e. The van der Waals surface area contributed by atoms with Gasteiger partial charge >= 0.3 is 12.1 Å². The van der Waals surface area contributed by atoms with Gasteiger partial charge in [0.2, 0.25) is 0 Å². The molecule has 0 heterocycles. The summed E-state index contributed by atoms with van der Waals surface area (Å²) in [7, 11) is 0. The number of hydrogen-bond donors (Lipinski definition) is 2. The van der Waals surface area contributed by atoms with Crippen molar-refractivity contribution in [3.8, 4) is 0 Å². The lowest BCUT2D eigenvalue weighted by molar-refractivity contribution is -0.181. The topological polar surface area (TPSA) is 72.5 Å². The predicted octanol–water partition coefficient (Wildman–Crippen LogP) is 1.50. The Balaban J connectivity index is 2.80. The number of halogens is 3. The van der Waals surface area contributed by atoms with Gasteiger partial charge < -0.3 is 15.6 Å². The lowest BCUT2D eigenvalue weighted by Gasteiger charge is -2.25. The highest BCUT2D eigenvalue weighted by Crippen LogP contribution is 2.21. The molecule has 0 saturated heterocycles. The first-order chi connectivity index (χ1) is 8.26. The van der Waals surface area contributed by atoms with Gasteiger partial charge in [-0.05, 0) is 5.56 Å². The molecule has 0 aromatic heterocycles. The van der Waals surface area contributed by atoms with E-state index in [1.807, 2.05) is 0 Å². The molecule has 4 nitrogen and oxygen atoms in total. The van der Waals surface area contributed by atoms with Gasteiger partial charge in [0.15, 0.2) is 5.54 Å². The van der Waals surface area contributed by atoms with Gasteiger partial charge in [-0.15, -0.1) is 0 Å². The number of aliphatic carboxylic acids is 1. The summed E-state index contributed by atoms with van der Waals surface area (Å²) in [5.41, 5.74) is 3.79. The summed E-state index contributed by atoms with van der Waals surface area (Å²) >= 11 is 0. The molecule has 7 heteroatoms. The lowest BCUT2D eigenvalue weighted by Crippen LogP contribution is -2.49. The Hall–Kier alpha value is -1.60. The van der Waals surface area contributed by atoms with E-state index >= 15 is 0 Å².